The van der Waals surface area contributed by atoms with Gasteiger partial charge in [0.2, 0.25) is 5.16 Å². The molecule has 0 spiro atoms. The minimum absolute atomic E-state index is 0.304. The van der Waals surface area contributed by atoms with Crippen molar-refractivity contribution in [1.29, 1.82) is 0 Å². The van der Waals surface area contributed by atoms with E-state index in [1.807, 2.05) is 60.0 Å². The number of nitrogen functional groups attached to an aromatic ring is 1. The van der Waals surface area contributed by atoms with Gasteiger partial charge in [-0.05, 0) is 43.2 Å². The van der Waals surface area contributed by atoms with Crippen LogP contribution in [0.2, 0.25) is 5.02 Å². The topological polar surface area (TPSA) is 88.0 Å². The van der Waals surface area contributed by atoms with Crippen LogP contribution in [0, 0.1) is 6.92 Å². The number of hydrogen-bond donors (Lipinski definition) is 1. The number of benzene rings is 2. The number of rotatable bonds is 8. The summed E-state index contributed by atoms with van der Waals surface area (Å²) >= 11 is 7.59. The van der Waals surface area contributed by atoms with E-state index in [0.717, 1.165) is 22.7 Å². The van der Waals surface area contributed by atoms with Crippen molar-refractivity contribution in [3.05, 3.63) is 88.3 Å². The third-order valence-electron chi connectivity index (χ3n) is 5.25. The zero-order valence-electron chi connectivity index (χ0n) is 18.4. The third-order valence-corrected chi connectivity index (χ3v) is 6.51. The summed E-state index contributed by atoms with van der Waals surface area (Å²) in [6, 6.07) is 19.4. The Bertz CT molecular complexity index is 1250. The molecular formula is C24H24ClN5O2S. The predicted octanol–water partition coefficient (Wildman–Crippen LogP) is 4.94. The molecule has 0 atom stereocenters. The van der Waals surface area contributed by atoms with Gasteiger partial charge < -0.3 is 15.1 Å². The summed E-state index contributed by atoms with van der Waals surface area (Å²) in [5, 5.41) is 9.85. The molecule has 9 heteroatoms. The molecule has 4 aromatic rings. The van der Waals surface area contributed by atoms with Crippen molar-refractivity contribution < 1.29 is 9.53 Å². The standard InChI is InChI=1S/C24H24ClN5O2S/c1-3-32-23(31)20-13-21(18-9-11-19(25)12-10-18)29(16(20)2)14-22-27-28-24(30(22)26)33-15-17-7-5-4-6-8-17/h4-13H,3,14-15,26H2,1-2H3. The molecule has 170 valence electrons. The number of esters is 1. The maximum absolute atomic E-state index is 12.5. The fraction of sp³-hybridized carbons (Fsp3) is 0.208. The largest absolute Gasteiger partial charge is 0.462 e. The van der Waals surface area contributed by atoms with Crippen LogP contribution in [0.25, 0.3) is 11.3 Å². The van der Waals surface area contributed by atoms with Crippen LogP contribution in [0.15, 0.2) is 65.8 Å². The molecule has 2 aromatic carbocycles. The van der Waals surface area contributed by atoms with Crippen LogP contribution in [0.3, 0.4) is 0 Å². The van der Waals surface area contributed by atoms with E-state index in [-0.39, 0.29) is 5.97 Å². The zero-order chi connectivity index (χ0) is 23.4. The minimum Gasteiger partial charge on any atom is -0.462 e. The number of ether oxygens (including phenoxy) is 1. The highest BCUT2D eigenvalue weighted by molar-refractivity contribution is 7.98. The normalized spacial score (nSPS) is 11.0. The number of thioether (sulfide) groups is 1. The molecule has 2 N–H and O–H groups in total. The van der Waals surface area contributed by atoms with Crippen LogP contribution in [0.5, 0.6) is 0 Å². The van der Waals surface area contributed by atoms with Gasteiger partial charge in [0.1, 0.15) is 0 Å². The van der Waals surface area contributed by atoms with Gasteiger partial charge in [0.15, 0.2) is 5.82 Å². The molecule has 0 bridgehead atoms. The Balaban J connectivity index is 1.65. The van der Waals surface area contributed by atoms with Crippen LogP contribution in [-0.2, 0) is 17.0 Å². The monoisotopic (exact) mass is 481 g/mol. The van der Waals surface area contributed by atoms with Crippen molar-refractivity contribution >= 4 is 29.3 Å². The smallest absolute Gasteiger partial charge is 0.339 e. The Morgan fingerprint density at radius 1 is 1.12 bits per heavy atom. The summed E-state index contributed by atoms with van der Waals surface area (Å²) in [5.74, 6) is 7.29. The molecular weight excluding hydrogens is 458 g/mol. The highest BCUT2D eigenvalue weighted by Crippen LogP contribution is 2.29. The van der Waals surface area contributed by atoms with Crippen LogP contribution in [0.1, 0.15) is 34.4 Å². The van der Waals surface area contributed by atoms with Crippen LogP contribution in [-0.4, -0.2) is 32.0 Å². The first kappa shape index (κ1) is 22.9. The second-order valence-electron chi connectivity index (χ2n) is 7.39. The van der Waals surface area contributed by atoms with E-state index in [1.165, 1.54) is 22.0 Å². The second-order valence-corrected chi connectivity index (χ2v) is 8.76. The highest BCUT2D eigenvalue weighted by Gasteiger charge is 2.21. The average molecular weight is 482 g/mol. The van der Waals surface area contributed by atoms with Crippen LogP contribution >= 0.6 is 23.4 Å². The lowest BCUT2D eigenvalue weighted by Crippen LogP contribution is -2.17. The minimum atomic E-state index is -0.364. The summed E-state index contributed by atoms with van der Waals surface area (Å²) in [7, 11) is 0. The number of hydrogen-bond acceptors (Lipinski definition) is 6. The molecule has 7 nitrogen and oxygen atoms in total. The Hall–Kier alpha value is -3.23. The fourth-order valence-corrected chi connectivity index (χ4v) is 4.46. The second kappa shape index (κ2) is 10.1. The first-order chi connectivity index (χ1) is 16.0. The quantitative estimate of drug-likeness (QED) is 0.218. The zero-order valence-corrected chi connectivity index (χ0v) is 19.9. The summed E-state index contributed by atoms with van der Waals surface area (Å²) in [6.45, 7) is 4.32. The molecule has 0 saturated heterocycles. The molecule has 0 unspecified atom stereocenters. The predicted molar refractivity (Wildman–Crippen MR) is 131 cm³/mol. The summed E-state index contributed by atoms with van der Waals surface area (Å²) < 4.78 is 8.75. The van der Waals surface area contributed by atoms with E-state index < -0.39 is 0 Å². The van der Waals surface area contributed by atoms with Gasteiger partial charge in [-0.15, -0.1) is 10.2 Å². The van der Waals surface area contributed by atoms with Crippen molar-refractivity contribution in [2.45, 2.75) is 31.3 Å². The Morgan fingerprint density at radius 3 is 2.55 bits per heavy atom. The van der Waals surface area contributed by atoms with Crippen LogP contribution < -0.4 is 5.84 Å². The first-order valence-corrected chi connectivity index (χ1v) is 11.8. The van der Waals surface area contributed by atoms with Crippen molar-refractivity contribution in [3.8, 4) is 11.3 Å². The van der Waals surface area contributed by atoms with Crippen molar-refractivity contribution in [3.63, 3.8) is 0 Å². The van der Waals surface area contributed by atoms with Crippen molar-refractivity contribution in [2.24, 2.45) is 0 Å². The molecule has 0 amide bonds. The Morgan fingerprint density at radius 2 is 1.85 bits per heavy atom. The number of nitrogens with zero attached hydrogens (tertiary/aromatic N) is 4. The first-order valence-electron chi connectivity index (χ1n) is 10.5. The van der Waals surface area contributed by atoms with E-state index in [1.54, 1.807) is 6.92 Å². The highest BCUT2D eigenvalue weighted by atomic mass is 35.5. The Kier molecular flexibility index (Phi) is 7.05. The van der Waals surface area contributed by atoms with E-state index in [2.05, 4.69) is 22.3 Å². The molecule has 0 saturated carbocycles. The molecule has 0 radical (unpaired) electrons. The van der Waals surface area contributed by atoms with Gasteiger partial charge in [0, 0.05) is 22.2 Å². The summed E-state index contributed by atoms with van der Waals surface area (Å²) in [5.41, 5.74) is 4.20. The fourth-order valence-electron chi connectivity index (χ4n) is 3.50. The van der Waals surface area contributed by atoms with Gasteiger partial charge in [-0.3, -0.25) is 0 Å². The molecule has 0 aliphatic rings. The summed E-state index contributed by atoms with van der Waals surface area (Å²) in [6.07, 6.45) is 0. The van der Waals surface area contributed by atoms with E-state index in [4.69, 9.17) is 22.2 Å². The van der Waals surface area contributed by atoms with Gasteiger partial charge in [0.05, 0.1) is 18.7 Å². The van der Waals surface area contributed by atoms with Gasteiger partial charge in [-0.2, -0.15) is 0 Å². The van der Waals surface area contributed by atoms with E-state index in [9.17, 15) is 4.79 Å². The lowest BCUT2D eigenvalue weighted by Gasteiger charge is -2.12. The maximum Gasteiger partial charge on any atom is 0.339 e. The van der Waals surface area contributed by atoms with Gasteiger partial charge in [-0.1, -0.05) is 65.8 Å². The molecule has 0 aliphatic carbocycles. The number of carbonyl (C=O) groups is 1. The Labute approximate surface area is 201 Å². The molecule has 2 aromatic heterocycles. The lowest BCUT2D eigenvalue weighted by atomic mass is 10.1. The van der Waals surface area contributed by atoms with Crippen LogP contribution in [0.4, 0.5) is 0 Å². The molecule has 2 heterocycles. The van der Waals surface area contributed by atoms with Gasteiger partial charge in [0.25, 0.3) is 0 Å². The number of nitrogens with two attached hydrogens (primary N) is 1. The average Bonchev–Trinajstić information content (AvgIpc) is 3.34. The third kappa shape index (κ3) is 5.07. The molecule has 0 fully saturated rings. The lowest BCUT2D eigenvalue weighted by molar-refractivity contribution is 0.0525. The number of carbonyl (C=O) groups excluding carboxylic acids is 1. The molecule has 4 rings (SSSR count). The molecule has 0 aliphatic heterocycles. The van der Waals surface area contributed by atoms with E-state index >= 15 is 0 Å². The summed E-state index contributed by atoms with van der Waals surface area (Å²) in [4.78, 5) is 12.5. The van der Waals surface area contributed by atoms with Gasteiger partial charge >= 0.3 is 5.97 Å². The maximum atomic E-state index is 12.5. The van der Waals surface area contributed by atoms with E-state index in [0.29, 0.717) is 34.7 Å². The van der Waals surface area contributed by atoms with Gasteiger partial charge in [-0.25, -0.2) is 9.47 Å². The van der Waals surface area contributed by atoms with Crippen molar-refractivity contribution in [1.82, 2.24) is 19.4 Å². The van der Waals surface area contributed by atoms with Crippen molar-refractivity contribution in [2.75, 3.05) is 12.4 Å². The SMILES string of the molecule is CCOC(=O)c1cc(-c2ccc(Cl)cc2)n(Cc2nnc(SCc3ccccc3)n2N)c1C. The number of aromatic nitrogens is 4. The molecule has 33 heavy (non-hydrogen) atoms. The number of halogens is 1.